The lowest BCUT2D eigenvalue weighted by molar-refractivity contribution is -0.166. The standard InChI is InChI=1S/C33H42O5/c1-20(2)14-15-23-18-32(17-16-21(3)4)27(35)25(26(34)22-12-10-9-11-13-22)28-33(29(32)36,30(23,5)6)19-24(38-28)31(7,8)37/h9-14,16,23-24,37H,15,17-19H2,1-8H3/t23-,24-,32-,33+/m1/s1. The summed E-state index contributed by atoms with van der Waals surface area (Å²) in [5.74, 6) is -0.838. The molecule has 3 aliphatic rings. The van der Waals surface area contributed by atoms with E-state index in [9.17, 15) is 19.5 Å². The topological polar surface area (TPSA) is 80.7 Å². The van der Waals surface area contributed by atoms with Crippen molar-refractivity contribution in [3.63, 3.8) is 0 Å². The Morgan fingerprint density at radius 2 is 1.63 bits per heavy atom. The summed E-state index contributed by atoms with van der Waals surface area (Å²) in [6, 6.07) is 8.73. The Labute approximate surface area is 227 Å². The number of allylic oxidation sites excluding steroid dienone is 6. The molecule has 38 heavy (non-hydrogen) atoms. The summed E-state index contributed by atoms with van der Waals surface area (Å²) in [5.41, 5.74) is -1.87. The second kappa shape index (κ2) is 9.44. The van der Waals surface area contributed by atoms with Crippen molar-refractivity contribution in [1.29, 1.82) is 0 Å². The van der Waals surface area contributed by atoms with Gasteiger partial charge in [0.25, 0.3) is 0 Å². The number of Topliss-reactive ketones (excluding diaryl/α,β-unsaturated/α-hetero) is 3. The molecule has 5 nitrogen and oxygen atoms in total. The van der Waals surface area contributed by atoms with Gasteiger partial charge in [-0.3, -0.25) is 14.4 Å². The van der Waals surface area contributed by atoms with Crippen LogP contribution in [0.3, 0.4) is 0 Å². The van der Waals surface area contributed by atoms with Gasteiger partial charge in [0, 0.05) is 12.0 Å². The fourth-order valence-electron chi connectivity index (χ4n) is 6.77. The third kappa shape index (κ3) is 4.14. The number of hydrogen-bond donors (Lipinski definition) is 1. The van der Waals surface area contributed by atoms with Crippen molar-refractivity contribution in [2.75, 3.05) is 0 Å². The van der Waals surface area contributed by atoms with E-state index < -0.39 is 39.5 Å². The van der Waals surface area contributed by atoms with Crippen molar-refractivity contribution in [3.05, 3.63) is 70.5 Å². The van der Waals surface area contributed by atoms with E-state index >= 15 is 0 Å². The Morgan fingerprint density at radius 3 is 2.18 bits per heavy atom. The summed E-state index contributed by atoms with van der Waals surface area (Å²) < 4.78 is 6.42. The van der Waals surface area contributed by atoms with E-state index in [4.69, 9.17) is 4.74 Å². The molecule has 2 fully saturated rings. The first-order valence-electron chi connectivity index (χ1n) is 13.7. The molecule has 5 heteroatoms. The van der Waals surface area contributed by atoms with Crippen LogP contribution in [0.2, 0.25) is 0 Å². The van der Waals surface area contributed by atoms with Gasteiger partial charge in [0.05, 0.1) is 16.4 Å². The van der Waals surface area contributed by atoms with Crippen molar-refractivity contribution in [2.24, 2.45) is 22.2 Å². The average Bonchev–Trinajstić information content (AvgIpc) is 3.25. The number of carbonyl (C=O) groups excluding carboxylic acids is 3. The molecule has 1 heterocycles. The lowest BCUT2D eigenvalue weighted by Crippen LogP contribution is -2.65. The van der Waals surface area contributed by atoms with Crippen LogP contribution in [0, 0.1) is 22.2 Å². The van der Waals surface area contributed by atoms with Gasteiger partial charge in [-0.25, -0.2) is 0 Å². The average molecular weight is 519 g/mol. The molecule has 0 amide bonds. The van der Waals surface area contributed by atoms with E-state index in [1.54, 1.807) is 38.1 Å². The minimum absolute atomic E-state index is 0.00264. The highest BCUT2D eigenvalue weighted by atomic mass is 16.5. The lowest BCUT2D eigenvalue weighted by Gasteiger charge is -2.59. The lowest BCUT2D eigenvalue weighted by atomic mass is 9.40. The fraction of sp³-hybridized carbons (Fsp3) is 0.545. The Balaban J connectivity index is 2.07. The zero-order valence-electron chi connectivity index (χ0n) is 24.1. The molecule has 2 aliphatic carbocycles. The van der Waals surface area contributed by atoms with E-state index in [-0.39, 0.29) is 35.9 Å². The zero-order chi connectivity index (χ0) is 28.3. The maximum Gasteiger partial charge on any atom is 0.200 e. The number of benzene rings is 1. The molecule has 1 aromatic rings. The van der Waals surface area contributed by atoms with E-state index in [0.717, 1.165) is 12.0 Å². The first kappa shape index (κ1) is 28.2. The summed E-state index contributed by atoms with van der Waals surface area (Å²) in [4.78, 5) is 43.5. The Kier molecular flexibility index (Phi) is 7.01. The van der Waals surface area contributed by atoms with Gasteiger partial charge in [-0.05, 0) is 72.1 Å². The van der Waals surface area contributed by atoms with Crippen LogP contribution < -0.4 is 0 Å². The van der Waals surface area contributed by atoms with Gasteiger partial charge in [0.2, 0.25) is 0 Å². The van der Waals surface area contributed by atoms with Crippen molar-refractivity contribution < 1.29 is 24.2 Å². The minimum atomic E-state index is -1.35. The van der Waals surface area contributed by atoms with Crippen LogP contribution in [0.1, 0.15) is 91.4 Å². The third-order valence-electron chi connectivity index (χ3n) is 9.29. The minimum Gasteiger partial charge on any atom is -0.490 e. The molecule has 2 bridgehead atoms. The van der Waals surface area contributed by atoms with Crippen LogP contribution >= 0.6 is 0 Å². The van der Waals surface area contributed by atoms with Gasteiger partial charge in [-0.15, -0.1) is 0 Å². The number of ether oxygens (including phenoxy) is 1. The number of carbonyl (C=O) groups is 3. The van der Waals surface area contributed by atoms with Crippen LogP contribution in [-0.4, -0.2) is 34.2 Å². The van der Waals surface area contributed by atoms with Crippen LogP contribution in [0.25, 0.3) is 0 Å². The van der Waals surface area contributed by atoms with Gasteiger partial charge in [-0.1, -0.05) is 67.5 Å². The molecule has 1 saturated heterocycles. The monoisotopic (exact) mass is 518 g/mol. The highest BCUT2D eigenvalue weighted by molar-refractivity contribution is 6.35. The number of rotatable bonds is 7. The normalized spacial score (nSPS) is 29.9. The molecule has 0 radical (unpaired) electrons. The Hall–Kier alpha value is -2.79. The summed E-state index contributed by atoms with van der Waals surface area (Å²) in [7, 11) is 0. The van der Waals surface area contributed by atoms with Crippen LogP contribution in [-0.2, 0) is 14.3 Å². The first-order chi connectivity index (χ1) is 17.6. The van der Waals surface area contributed by atoms with E-state index in [1.165, 1.54) is 5.57 Å². The number of fused-ring (bicyclic) bond motifs is 1. The molecule has 4 rings (SSSR count). The summed E-state index contributed by atoms with van der Waals surface area (Å²) in [6.07, 6.45) is 4.99. The Morgan fingerprint density at radius 1 is 1.03 bits per heavy atom. The second-order valence-electron chi connectivity index (χ2n) is 13.1. The van der Waals surface area contributed by atoms with Gasteiger partial charge in [0.1, 0.15) is 17.4 Å². The van der Waals surface area contributed by atoms with Crippen molar-refractivity contribution in [3.8, 4) is 0 Å². The molecule has 1 aromatic carbocycles. The molecule has 4 atom stereocenters. The van der Waals surface area contributed by atoms with Gasteiger partial charge in [-0.2, -0.15) is 0 Å². The molecule has 1 saturated carbocycles. The SMILES string of the molecule is CC(C)=CC[C@@H]1C[C@]2(CC=C(C)C)C(=O)C(C(=O)c3ccccc3)=C3O[C@@H](C(C)(C)O)C[C@]3(C2=O)C1(C)C. The maximum atomic E-state index is 14.9. The smallest absolute Gasteiger partial charge is 0.200 e. The molecule has 204 valence electrons. The zero-order valence-corrected chi connectivity index (χ0v) is 24.1. The third-order valence-corrected chi connectivity index (χ3v) is 9.29. The quantitative estimate of drug-likeness (QED) is 0.191. The highest BCUT2D eigenvalue weighted by Gasteiger charge is 2.75. The maximum absolute atomic E-state index is 14.9. The molecule has 0 aromatic heterocycles. The molecular formula is C33H42O5. The van der Waals surface area contributed by atoms with Gasteiger partial charge in [0.15, 0.2) is 17.3 Å². The van der Waals surface area contributed by atoms with Gasteiger partial charge >= 0.3 is 0 Å². The van der Waals surface area contributed by atoms with Crippen LogP contribution in [0.15, 0.2) is 65.0 Å². The predicted octanol–water partition coefficient (Wildman–Crippen LogP) is 6.57. The van der Waals surface area contributed by atoms with E-state index in [2.05, 4.69) is 33.8 Å². The van der Waals surface area contributed by atoms with Crippen molar-refractivity contribution in [2.45, 2.75) is 92.8 Å². The molecule has 0 unspecified atom stereocenters. The largest absolute Gasteiger partial charge is 0.490 e. The fourth-order valence-corrected chi connectivity index (χ4v) is 6.77. The Bertz CT molecular complexity index is 1250. The highest BCUT2D eigenvalue weighted by Crippen LogP contribution is 2.70. The number of ketones is 3. The van der Waals surface area contributed by atoms with Crippen LogP contribution in [0.5, 0.6) is 0 Å². The summed E-state index contributed by atoms with van der Waals surface area (Å²) in [6.45, 7) is 15.5. The molecule has 1 spiro atoms. The first-order valence-corrected chi connectivity index (χ1v) is 13.7. The second-order valence-corrected chi connectivity index (χ2v) is 13.1. The predicted molar refractivity (Wildman–Crippen MR) is 148 cm³/mol. The number of hydrogen-bond acceptors (Lipinski definition) is 5. The molecular weight excluding hydrogens is 476 g/mol. The summed E-state index contributed by atoms with van der Waals surface area (Å²) in [5, 5.41) is 11.1. The van der Waals surface area contributed by atoms with Gasteiger partial charge < -0.3 is 9.84 Å². The molecule has 1 aliphatic heterocycles. The van der Waals surface area contributed by atoms with Crippen molar-refractivity contribution in [1.82, 2.24) is 0 Å². The summed E-state index contributed by atoms with van der Waals surface area (Å²) >= 11 is 0. The van der Waals surface area contributed by atoms with E-state index in [0.29, 0.717) is 12.0 Å². The van der Waals surface area contributed by atoms with Crippen molar-refractivity contribution >= 4 is 17.3 Å². The molecule has 1 N–H and O–H groups in total. The van der Waals surface area contributed by atoms with Crippen LogP contribution in [0.4, 0.5) is 0 Å². The van der Waals surface area contributed by atoms with E-state index in [1.807, 2.05) is 26.0 Å². The number of aliphatic hydroxyl groups is 1.